The summed E-state index contributed by atoms with van der Waals surface area (Å²) < 4.78 is 0. The van der Waals surface area contributed by atoms with E-state index in [1.165, 1.54) is 11.8 Å². The fraction of sp³-hybridized carbons (Fsp3) is 0.444. The number of anilines is 2. The number of nitro groups is 1. The molecule has 0 bridgehead atoms. The minimum Gasteiger partial charge on any atom is -0.361 e. The van der Waals surface area contributed by atoms with Gasteiger partial charge in [0.2, 0.25) is 11.8 Å². The van der Waals surface area contributed by atoms with Crippen molar-refractivity contribution in [3.05, 3.63) is 52.2 Å². The molecule has 0 aliphatic heterocycles. The summed E-state index contributed by atoms with van der Waals surface area (Å²) in [5.41, 5.74) is 1.18. The van der Waals surface area contributed by atoms with Gasteiger partial charge in [0.05, 0.1) is 4.92 Å². The van der Waals surface area contributed by atoms with Crippen molar-refractivity contribution < 1.29 is 4.92 Å². The van der Waals surface area contributed by atoms with Crippen molar-refractivity contribution in [1.82, 2.24) is 9.97 Å². The Hall–Kier alpha value is -2.70. The maximum absolute atomic E-state index is 11.2. The van der Waals surface area contributed by atoms with E-state index < -0.39 is 4.92 Å². The van der Waals surface area contributed by atoms with Crippen molar-refractivity contribution in [2.75, 3.05) is 17.3 Å². The van der Waals surface area contributed by atoms with Gasteiger partial charge < -0.3 is 10.2 Å². The number of nitrogens with zero attached hydrogens (tertiary/aromatic N) is 4. The lowest BCUT2D eigenvalue weighted by molar-refractivity contribution is -0.384. The first-order valence-corrected chi connectivity index (χ1v) is 8.63. The predicted octanol–water partition coefficient (Wildman–Crippen LogP) is 3.42. The first-order valence-electron chi connectivity index (χ1n) is 8.63. The van der Waals surface area contributed by atoms with E-state index in [0.717, 1.165) is 25.7 Å². The van der Waals surface area contributed by atoms with Crippen molar-refractivity contribution in [1.29, 1.82) is 0 Å². The van der Waals surface area contributed by atoms with Crippen LogP contribution in [0.3, 0.4) is 0 Å². The zero-order valence-corrected chi connectivity index (χ0v) is 14.6. The molecule has 1 aromatic heterocycles. The van der Waals surface area contributed by atoms with Crippen LogP contribution in [0.4, 0.5) is 17.5 Å². The normalized spacial score (nSPS) is 14.8. The van der Waals surface area contributed by atoms with Gasteiger partial charge >= 0.3 is 5.69 Å². The Morgan fingerprint density at radius 2 is 2.08 bits per heavy atom. The molecule has 3 rings (SSSR count). The van der Waals surface area contributed by atoms with Gasteiger partial charge in [-0.1, -0.05) is 37.3 Å². The summed E-state index contributed by atoms with van der Waals surface area (Å²) in [5, 5.41) is 14.4. The van der Waals surface area contributed by atoms with Crippen LogP contribution in [0.15, 0.2) is 36.5 Å². The SMILES string of the molecule is CCC(Cc1ccccc1)N(C)c1ncc([N+](=O)[O-])c(NC2CC2)n1. The maximum atomic E-state index is 11.2. The van der Waals surface area contributed by atoms with E-state index in [9.17, 15) is 10.1 Å². The van der Waals surface area contributed by atoms with Crippen molar-refractivity contribution in [2.24, 2.45) is 0 Å². The summed E-state index contributed by atoms with van der Waals surface area (Å²) in [5.74, 6) is 0.829. The van der Waals surface area contributed by atoms with Crippen LogP contribution in [-0.2, 0) is 6.42 Å². The van der Waals surface area contributed by atoms with E-state index in [1.807, 2.05) is 30.1 Å². The zero-order chi connectivity index (χ0) is 17.8. The maximum Gasteiger partial charge on any atom is 0.329 e. The molecular weight excluding hydrogens is 318 g/mol. The summed E-state index contributed by atoms with van der Waals surface area (Å²) in [6, 6.07) is 10.8. The molecule has 7 nitrogen and oxygen atoms in total. The van der Waals surface area contributed by atoms with Gasteiger partial charge in [0, 0.05) is 19.1 Å². The van der Waals surface area contributed by atoms with Gasteiger partial charge in [0.25, 0.3) is 0 Å². The highest BCUT2D eigenvalue weighted by atomic mass is 16.6. The van der Waals surface area contributed by atoms with Crippen molar-refractivity contribution >= 4 is 17.5 Å². The van der Waals surface area contributed by atoms with Gasteiger partial charge in [0.15, 0.2) is 0 Å². The van der Waals surface area contributed by atoms with E-state index >= 15 is 0 Å². The van der Waals surface area contributed by atoms with E-state index in [1.54, 1.807) is 0 Å². The molecule has 1 saturated carbocycles. The van der Waals surface area contributed by atoms with Crippen LogP contribution >= 0.6 is 0 Å². The standard InChI is InChI=1S/C18H23N5O2/c1-3-15(11-13-7-5-4-6-8-13)22(2)18-19-12-16(23(24)25)17(21-18)20-14-9-10-14/h4-8,12,14-15H,3,9-11H2,1-2H3,(H,19,20,21). The van der Waals surface area contributed by atoms with Crippen molar-refractivity contribution in [3.8, 4) is 0 Å². The average Bonchev–Trinajstić information content (AvgIpc) is 3.43. The summed E-state index contributed by atoms with van der Waals surface area (Å²) in [6.45, 7) is 2.12. The van der Waals surface area contributed by atoms with Crippen LogP contribution in [0.25, 0.3) is 0 Å². The van der Waals surface area contributed by atoms with E-state index in [0.29, 0.717) is 11.8 Å². The highest BCUT2D eigenvalue weighted by molar-refractivity contribution is 5.58. The third kappa shape index (κ3) is 4.23. The first-order chi connectivity index (χ1) is 12.1. The molecule has 0 radical (unpaired) electrons. The van der Waals surface area contributed by atoms with Crippen LogP contribution in [0.1, 0.15) is 31.7 Å². The lowest BCUT2D eigenvalue weighted by atomic mass is 10.0. The minimum absolute atomic E-state index is 0.0693. The van der Waals surface area contributed by atoms with Crippen LogP contribution in [-0.4, -0.2) is 34.0 Å². The highest BCUT2D eigenvalue weighted by Crippen LogP contribution is 2.30. The molecule has 2 aromatic rings. The predicted molar refractivity (Wildman–Crippen MR) is 98.0 cm³/mol. The Morgan fingerprint density at radius 1 is 1.36 bits per heavy atom. The number of hydrogen-bond acceptors (Lipinski definition) is 6. The van der Waals surface area contributed by atoms with Crippen molar-refractivity contribution in [2.45, 2.75) is 44.7 Å². The van der Waals surface area contributed by atoms with Crippen LogP contribution in [0.2, 0.25) is 0 Å². The number of likely N-dealkylation sites (N-methyl/N-ethyl adjacent to an activating group) is 1. The monoisotopic (exact) mass is 341 g/mol. The molecule has 1 fully saturated rings. The molecule has 0 spiro atoms. The molecule has 1 aliphatic carbocycles. The van der Waals surface area contributed by atoms with Gasteiger partial charge in [-0.05, 0) is 31.2 Å². The van der Waals surface area contributed by atoms with Gasteiger partial charge in [-0.2, -0.15) is 4.98 Å². The summed E-state index contributed by atoms with van der Waals surface area (Å²) in [7, 11) is 1.94. The van der Waals surface area contributed by atoms with Crippen molar-refractivity contribution in [3.63, 3.8) is 0 Å². The summed E-state index contributed by atoms with van der Waals surface area (Å²) in [6.07, 6.45) is 5.16. The Bertz CT molecular complexity index is 734. The topological polar surface area (TPSA) is 84.2 Å². The number of benzene rings is 1. The first kappa shape index (κ1) is 17.1. The number of rotatable bonds is 8. The summed E-state index contributed by atoms with van der Waals surface area (Å²) >= 11 is 0. The Morgan fingerprint density at radius 3 is 2.68 bits per heavy atom. The average molecular weight is 341 g/mol. The molecule has 25 heavy (non-hydrogen) atoms. The molecule has 1 aliphatic rings. The fourth-order valence-electron chi connectivity index (χ4n) is 2.80. The second-order valence-corrected chi connectivity index (χ2v) is 6.44. The fourth-order valence-corrected chi connectivity index (χ4v) is 2.80. The van der Waals surface area contributed by atoms with Gasteiger partial charge in [-0.3, -0.25) is 10.1 Å². The quantitative estimate of drug-likeness (QED) is 0.585. The van der Waals surface area contributed by atoms with Gasteiger partial charge in [-0.15, -0.1) is 0 Å². The second kappa shape index (κ2) is 7.46. The molecule has 1 aromatic carbocycles. The number of hydrogen-bond donors (Lipinski definition) is 1. The number of aromatic nitrogens is 2. The molecule has 1 heterocycles. The third-order valence-corrected chi connectivity index (χ3v) is 4.52. The Kier molecular flexibility index (Phi) is 5.11. The molecule has 0 amide bonds. The lowest BCUT2D eigenvalue weighted by Gasteiger charge is -2.27. The highest BCUT2D eigenvalue weighted by Gasteiger charge is 2.27. The van der Waals surface area contributed by atoms with Crippen LogP contribution in [0.5, 0.6) is 0 Å². The largest absolute Gasteiger partial charge is 0.361 e. The molecule has 1 N–H and O–H groups in total. The van der Waals surface area contributed by atoms with Crippen LogP contribution < -0.4 is 10.2 Å². The second-order valence-electron chi connectivity index (χ2n) is 6.44. The van der Waals surface area contributed by atoms with E-state index in [-0.39, 0.29) is 17.8 Å². The Balaban J connectivity index is 1.81. The van der Waals surface area contributed by atoms with Gasteiger partial charge in [0.1, 0.15) is 6.20 Å². The minimum atomic E-state index is -0.435. The molecule has 1 atom stereocenters. The Labute approximate surface area is 147 Å². The summed E-state index contributed by atoms with van der Waals surface area (Å²) in [4.78, 5) is 21.5. The van der Waals surface area contributed by atoms with E-state index in [4.69, 9.17) is 0 Å². The number of nitrogens with one attached hydrogen (secondary N) is 1. The molecule has 1 unspecified atom stereocenters. The molecule has 7 heteroatoms. The smallest absolute Gasteiger partial charge is 0.329 e. The van der Waals surface area contributed by atoms with Gasteiger partial charge in [-0.25, -0.2) is 4.98 Å². The molecular formula is C18H23N5O2. The molecule has 132 valence electrons. The lowest BCUT2D eigenvalue weighted by Crippen LogP contribution is -2.34. The van der Waals surface area contributed by atoms with E-state index in [2.05, 4.69) is 34.3 Å². The zero-order valence-electron chi connectivity index (χ0n) is 14.6. The third-order valence-electron chi connectivity index (χ3n) is 4.52. The molecule has 0 saturated heterocycles. The van der Waals surface area contributed by atoms with Crippen LogP contribution in [0, 0.1) is 10.1 Å².